The lowest BCUT2D eigenvalue weighted by Crippen LogP contribution is -2.58. The van der Waals surface area contributed by atoms with Gasteiger partial charge in [-0.2, -0.15) is 0 Å². The second-order valence-electron chi connectivity index (χ2n) is 12.7. The Kier molecular flexibility index (Phi) is 12.8. The number of carbonyl (C=O) groups is 4. The highest BCUT2D eigenvalue weighted by molar-refractivity contribution is 5.81. The number of methoxy groups -OCH3 is 1. The second-order valence-corrected chi connectivity index (χ2v) is 12.7. The largest absolute Gasteiger partial charge is 0.459 e. The third kappa shape index (κ3) is 11.2. The van der Waals surface area contributed by atoms with E-state index in [1.165, 1.54) is 14.0 Å². The molecule has 1 aromatic rings. The predicted octanol–water partition coefficient (Wildman–Crippen LogP) is 3.93. The topological polar surface area (TPSA) is 132 Å². The van der Waals surface area contributed by atoms with Crippen molar-refractivity contribution in [3.8, 4) is 0 Å². The van der Waals surface area contributed by atoms with Crippen LogP contribution in [-0.4, -0.2) is 78.0 Å². The van der Waals surface area contributed by atoms with E-state index in [9.17, 15) is 19.2 Å². The van der Waals surface area contributed by atoms with Crippen LogP contribution in [0.3, 0.4) is 0 Å². The molecule has 1 fully saturated rings. The van der Waals surface area contributed by atoms with Gasteiger partial charge in [0.05, 0.1) is 0 Å². The minimum Gasteiger partial charge on any atom is -0.459 e. The Balaban J connectivity index is 2.45. The Hall–Kier alpha value is -3.18. The van der Waals surface area contributed by atoms with Gasteiger partial charge in [0.1, 0.15) is 36.1 Å². The molecule has 0 radical (unpaired) electrons. The summed E-state index contributed by atoms with van der Waals surface area (Å²) in [5, 5.41) is 5.64. The number of nitrogens with zero attached hydrogens (tertiary/aromatic N) is 1. The van der Waals surface area contributed by atoms with E-state index in [-0.39, 0.29) is 25.5 Å². The lowest BCUT2D eigenvalue weighted by atomic mass is 9.90. The third-order valence-electron chi connectivity index (χ3n) is 6.57. The van der Waals surface area contributed by atoms with Crippen LogP contribution >= 0.6 is 0 Å². The van der Waals surface area contributed by atoms with Crippen LogP contribution in [0.2, 0.25) is 0 Å². The first-order valence-electron chi connectivity index (χ1n) is 14.5. The average Bonchev–Trinajstić information content (AvgIpc) is 3.27. The van der Waals surface area contributed by atoms with Crippen LogP contribution in [0.5, 0.6) is 0 Å². The molecule has 2 N–H and O–H groups in total. The monoisotopic (exact) mass is 591 g/mol. The number of alkyl carbamates (subject to hydrolysis) is 1. The Morgan fingerprint density at radius 2 is 1.62 bits per heavy atom. The number of ether oxygens (including phenoxy) is 4. The quantitative estimate of drug-likeness (QED) is 0.211. The van der Waals surface area contributed by atoms with Gasteiger partial charge >= 0.3 is 18.0 Å². The lowest BCUT2D eigenvalue weighted by Gasteiger charge is -2.40. The standard InChI is InChI=1S/C31H49N3O8/c1-10-14-23(26(39-9)32-20(2)35)25(28(37)42-31(6,7)8)34-18-22(17-24(34)27(36)41-30(3,4)5)33-29(38)40-19-21-15-12-11-13-16-21/h11-13,15-16,22-26H,10,14,17-19H2,1-9H3,(H,32,35)(H,33,38). The fourth-order valence-corrected chi connectivity index (χ4v) is 5.07. The first-order chi connectivity index (χ1) is 19.5. The van der Waals surface area contributed by atoms with Crippen LogP contribution in [0.25, 0.3) is 0 Å². The zero-order valence-electron chi connectivity index (χ0n) is 26.5. The molecular formula is C31H49N3O8. The zero-order chi connectivity index (χ0) is 31.7. The first-order valence-corrected chi connectivity index (χ1v) is 14.5. The normalized spacial score (nSPS) is 19.7. The highest BCUT2D eigenvalue weighted by Crippen LogP contribution is 2.32. The minimum atomic E-state index is -0.995. The Labute approximate surface area is 250 Å². The van der Waals surface area contributed by atoms with Crippen LogP contribution in [-0.2, 0) is 39.9 Å². The summed E-state index contributed by atoms with van der Waals surface area (Å²) >= 11 is 0. The maximum Gasteiger partial charge on any atom is 0.407 e. The SMILES string of the molecule is CCCC(C(NC(C)=O)OC)C(C(=O)OC(C)(C)C)N1CC(NC(=O)OCc2ccccc2)CC1C(=O)OC(C)(C)C. The van der Waals surface area contributed by atoms with Crippen molar-refractivity contribution >= 4 is 23.9 Å². The number of carbonyl (C=O) groups excluding carboxylic acids is 4. The molecule has 0 saturated carbocycles. The van der Waals surface area contributed by atoms with Crippen LogP contribution in [0.4, 0.5) is 4.79 Å². The molecule has 42 heavy (non-hydrogen) atoms. The van der Waals surface area contributed by atoms with E-state index in [2.05, 4.69) is 10.6 Å². The van der Waals surface area contributed by atoms with Crippen molar-refractivity contribution in [2.75, 3.05) is 13.7 Å². The van der Waals surface area contributed by atoms with Gasteiger partial charge in [-0.05, 0) is 59.9 Å². The van der Waals surface area contributed by atoms with Crippen molar-refractivity contribution in [1.82, 2.24) is 15.5 Å². The number of likely N-dealkylation sites (tertiary alicyclic amines) is 1. The summed E-state index contributed by atoms with van der Waals surface area (Å²) in [7, 11) is 1.46. The molecule has 11 heteroatoms. The van der Waals surface area contributed by atoms with E-state index in [1.54, 1.807) is 46.4 Å². The molecule has 1 aliphatic heterocycles. The van der Waals surface area contributed by atoms with Crippen LogP contribution in [0, 0.1) is 5.92 Å². The van der Waals surface area contributed by atoms with Crippen LogP contribution < -0.4 is 10.6 Å². The molecule has 11 nitrogen and oxygen atoms in total. The van der Waals surface area contributed by atoms with Gasteiger partial charge in [0.25, 0.3) is 0 Å². The molecule has 1 saturated heterocycles. The van der Waals surface area contributed by atoms with Crippen molar-refractivity contribution in [3.05, 3.63) is 35.9 Å². The lowest BCUT2D eigenvalue weighted by molar-refractivity contribution is -0.173. The summed E-state index contributed by atoms with van der Waals surface area (Å²) in [6.07, 6.45) is -0.132. The zero-order valence-corrected chi connectivity index (χ0v) is 26.5. The number of benzene rings is 1. The van der Waals surface area contributed by atoms with Gasteiger partial charge in [0.15, 0.2) is 0 Å². The molecule has 0 aliphatic carbocycles. The molecule has 2 amide bonds. The fourth-order valence-electron chi connectivity index (χ4n) is 5.07. The van der Waals surface area contributed by atoms with Crippen LogP contribution in [0.15, 0.2) is 30.3 Å². The number of hydrogen-bond donors (Lipinski definition) is 2. The van der Waals surface area contributed by atoms with Gasteiger partial charge in [0.2, 0.25) is 5.91 Å². The smallest absolute Gasteiger partial charge is 0.407 e. The highest BCUT2D eigenvalue weighted by atomic mass is 16.6. The molecule has 2 rings (SSSR count). The molecule has 0 aromatic heterocycles. The van der Waals surface area contributed by atoms with Crippen molar-refractivity contribution in [2.45, 2.75) is 117 Å². The summed E-state index contributed by atoms with van der Waals surface area (Å²) < 4.78 is 22.7. The van der Waals surface area contributed by atoms with Crippen molar-refractivity contribution in [3.63, 3.8) is 0 Å². The maximum absolute atomic E-state index is 13.9. The number of nitrogens with one attached hydrogen (secondary N) is 2. The number of amides is 2. The molecule has 1 heterocycles. The molecule has 5 atom stereocenters. The van der Waals surface area contributed by atoms with Gasteiger partial charge < -0.3 is 29.6 Å². The molecule has 5 unspecified atom stereocenters. The molecule has 236 valence electrons. The summed E-state index contributed by atoms with van der Waals surface area (Å²) in [6.45, 7) is 14.2. The second kappa shape index (κ2) is 15.3. The Bertz CT molecular complexity index is 1050. The first kappa shape index (κ1) is 35.0. The predicted molar refractivity (Wildman–Crippen MR) is 157 cm³/mol. The van der Waals surface area contributed by atoms with Gasteiger partial charge in [-0.1, -0.05) is 43.7 Å². The molecule has 0 spiro atoms. The molecule has 1 aliphatic rings. The summed E-state index contributed by atoms with van der Waals surface area (Å²) in [6, 6.07) is 6.89. The number of hydrogen-bond acceptors (Lipinski definition) is 9. The summed E-state index contributed by atoms with van der Waals surface area (Å²) in [5.41, 5.74) is -0.760. The van der Waals surface area contributed by atoms with E-state index in [4.69, 9.17) is 18.9 Å². The average molecular weight is 592 g/mol. The Morgan fingerprint density at radius 1 is 1.00 bits per heavy atom. The summed E-state index contributed by atoms with van der Waals surface area (Å²) in [4.78, 5) is 54.0. The van der Waals surface area contributed by atoms with Gasteiger partial charge in [-0.25, -0.2) is 4.79 Å². The Morgan fingerprint density at radius 3 is 2.14 bits per heavy atom. The highest BCUT2D eigenvalue weighted by Gasteiger charge is 2.50. The molecule has 1 aromatic carbocycles. The molecule has 0 bridgehead atoms. The van der Waals surface area contributed by atoms with Crippen molar-refractivity contribution in [2.24, 2.45) is 5.92 Å². The van der Waals surface area contributed by atoms with E-state index in [0.29, 0.717) is 12.8 Å². The minimum absolute atomic E-state index is 0.0872. The van der Waals surface area contributed by atoms with Gasteiger partial charge in [-0.3, -0.25) is 19.3 Å². The van der Waals surface area contributed by atoms with Gasteiger partial charge in [-0.15, -0.1) is 0 Å². The maximum atomic E-state index is 13.9. The molecular weight excluding hydrogens is 542 g/mol. The van der Waals surface area contributed by atoms with Crippen molar-refractivity contribution in [1.29, 1.82) is 0 Å². The van der Waals surface area contributed by atoms with E-state index in [0.717, 1.165) is 5.56 Å². The summed E-state index contributed by atoms with van der Waals surface area (Å²) in [5.74, 6) is -1.99. The van der Waals surface area contributed by atoms with E-state index < -0.39 is 59.5 Å². The third-order valence-corrected chi connectivity index (χ3v) is 6.57. The fraction of sp³-hybridized carbons (Fsp3) is 0.677. The van der Waals surface area contributed by atoms with E-state index >= 15 is 0 Å². The number of rotatable bonds is 12. The van der Waals surface area contributed by atoms with E-state index in [1.807, 2.05) is 37.3 Å². The van der Waals surface area contributed by atoms with Crippen molar-refractivity contribution < 1.29 is 38.1 Å². The number of esters is 2. The van der Waals surface area contributed by atoms with Crippen LogP contribution in [0.1, 0.15) is 80.2 Å². The van der Waals surface area contributed by atoms with Gasteiger partial charge in [0, 0.05) is 32.5 Å².